The number of benzene rings is 2. The topological polar surface area (TPSA) is 59.8 Å². The number of rotatable bonds is 5. The second kappa shape index (κ2) is 8.12. The lowest BCUT2D eigenvalue weighted by Crippen LogP contribution is -2.23. The van der Waals surface area contributed by atoms with E-state index >= 15 is 0 Å². The van der Waals surface area contributed by atoms with Gasteiger partial charge in [0.15, 0.2) is 5.16 Å². The van der Waals surface area contributed by atoms with Crippen LogP contribution in [0.2, 0.25) is 10.0 Å². The number of nitrogens with one attached hydrogen (secondary N) is 1. The van der Waals surface area contributed by atoms with Gasteiger partial charge in [-0.2, -0.15) is 0 Å². The summed E-state index contributed by atoms with van der Waals surface area (Å²) in [5.41, 5.74) is 1.35. The third-order valence-electron chi connectivity index (χ3n) is 3.67. The minimum Gasteiger partial charge on any atom is -0.323 e. The summed E-state index contributed by atoms with van der Waals surface area (Å²) in [7, 11) is 0. The lowest BCUT2D eigenvalue weighted by atomic mass is 10.3. The summed E-state index contributed by atoms with van der Waals surface area (Å²) in [6.45, 7) is 3.67. The number of carbonyl (C=O) groups excluding carboxylic acids is 1. The standard InChI is InChI=1S/C18H16Cl2N4OS/c1-11(17(25)21-16-14(19)9-6-10-15(16)20)26-18-23-22-12(2)24(18)13-7-4-3-5-8-13/h3-11H,1-2H3,(H,21,25)/t11-/m0/s1. The Hall–Kier alpha value is -2.02. The van der Waals surface area contributed by atoms with Gasteiger partial charge in [0.25, 0.3) is 0 Å². The van der Waals surface area contributed by atoms with Crippen LogP contribution < -0.4 is 5.32 Å². The largest absolute Gasteiger partial charge is 0.323 e. The smallest absolute Gasteiger partial charge is 0.237 e. The molecular weight excluding hydrogens is 391 g/mol. The van der Waals surface area contributed by atoms with Crippen molar-refractivity contribution >= 4 is 46.6 Å². The Balaban J connectivity index is 1.79. The van der Waals surface area contributed by atoms with E-state index in [4.69, 9.17) is 23.2 Å². The first-order valence-electron chi connectivity index (χ1n) is 7.86. The lowest BCUT2D eigenvalue weighted by Gasteiger charge is -2.14. The molecule has 0 spiro atoms. The molecule has 2 aromatic carbocycles. The van der Waals surface area contributed by atoms with Crippen molar-refractivity contribution in [2.24, 2.45) is 0 Å². The first-order valence-corrected chi connectivity index (χ1v) is 9.50. The molecule has 1 N–H and O–H groups in total. The maximum absolute atomic E-state index is 12.6. The number of amides is 1. The van der Waals surface area contributed by atoms with Crippen LogP contribution in [0.4, 0.5) is 5.69 Å². The van der Waals surface area contributed by atoms with Crippen LogP contribution in [0.15, 0.2) is 53.7 Å². The third kappa shape index (κ3) is 4.03. The molecule has 0 aliphatic heterocycles. The van der Waals surface area contributed by atoms with Crippen molar-refractivity contribution in [1.29, 1.82) is 0 Å². The summed E-state index contributed by atoms with van der Waals surface area (Å²) >= 11 is 13.5. The summed E-state index contributed by atoms with van der Waals surface area (Å²) in [5, 5.41) is 12.1. The van der Waals surface area contributed by atoms with Gasteiger partial charge in [-0.3, -0.25) is 9.36 Å². The maximum Gasteiger partial charge on any atom is 0.237 e. The molecule has 1 atom stereocenters. The van der Waals surface area contributed by atoms with Gasteiger partial charge in [-0.1, -0.05) is 59.2 Å². The molecule has 0 fully saturated rings. The van der Waals surface area contributed by atoms with Crippen molar-refractivity contribution in [3.8, 4) is 5.69 Å². The molecule has 1 aromatic heterocycles. The second-order valence-corrected chi connectivity index (χ2v) is 7.67. The molecule has 1 heterocycles. The average Bonchev–Trinajstić information content (AvgIpc) is 2.99. The van der Waals surface area contributed by atoms with Gasteiger partial charge in [-0.05, 0) is 38.1 Å². The molecule has 5 nitrogen and oxygen atoms in total. The number of aryl methyl sites for hydroxylation is 1. The Morgan fingerprint density at radius 1 is 1.08 bits per heavy atom. The molecule has 0 saturated carbocycles. The molecule has 1 amide bonds. The molecule has 0 bridgehead atoms. The van der Waals surface area contributed by atoms with E-state index in [0.717, 1.165) is 11.5 Å². The Bertz CT molecular complexity index is 910. The molecule has 8 heteroatoms. The summed E-state index contributed by atoms with van der Waals surface area (Å²) in [4.78, 5) is 12.6. The van der Waals surface area contributed by atoms with Crippen LogP contribution in [0.5, 0.6) is 0 Å². The Morgan fingerprint density at radius 3 is 2.38 bits per heavy atom. The first-order chi connectivity index (χ1) is 12.5. The van der Waals surface area contributed by atoms with Crippen molar-refractivity contribution in [3.05, 3.63) is 64.4 Å². The van der Waals surface area contributed by atoms with Crippen LogP contribution in [0.25, 0.3) is 5.69 Å². The predicted octanol–water partition coefficient (Wildman–Crippen LogP) is 5.00. The Morgan fingerprint density at radius 2 is 1.73 bits per heavy atom. The molecule has 0 saturated heterocycles. The van der Waals surface area contributed by atoms with E-state index in [1.54, 1.807) is 25.1 Å². The van der Waals surface area contributed by atoms with E-state index in [1.165, 1.54) is 11.8 Å². The normalized spacial score (nSPS) is 12.0. The number of nitrogens with zero attached hydrogens (tertiary/aromatic N) is 3. The number of hydrogen-bond donors (Lipinski definition) is 1. The quantitative estimate of drug-likeness (QED) is 0.605. The Labute approximate surface area is 165 Å². The van der Waals surface area contributed by atoms with E-state index in [0.29, 0.717) is 20.9 Å². The molecule has 26 heavy (non-hydrogen) atoms. The van der Waals surface area contributed by atoms with Crippen LogP contribution >= 0.6 is 35.0 Å². The van der Waals surface area contributed by atoms with Gasteiger partial charge in [0.1, 0.15) is 5.82 Å². The average molecular weight is 407 g/mol. The van der Waals surface area contributed by atoms with Crippen LogP contribution in [0.3, 0.4) is 0 Å². The summed E-state index contributed by atoms with van der Waals surface area (Å²) in [5.74, 6) is 0.533. The SMILES string of the molecule is Cc1nnc(S[C@@H](C)C(=O)Nc2c(Cl)cccc2Cl)n1-c1ccccc1. The highest BCUT2D eigenvalue weighted by atomic mass is 35.5. The number of aromatic nitrogens is 3. The number of para-hydroxylation sites is 2. The van der Waals surface area contributed by atoms with E-state index < -0.39 is 5.25 Å². The molecule has 3 aromatic rings. The van der Waals surface area contributed by atoms with Crippen molar-refractivity contribution in [1.82, 2.24) is 14.8 Å². The number of thioether (sulfide) groups is 1. The number of anilines is 1. The maximum atomic E-state index is 12.6. The van der Waals surface area contributed by atoms with E-state index in [2.05, 4.69) is 15.5 Å². The van der Waals surface area contributed by atoms with E-state index in [9.17, 15) is 4.79 Å². The molecule has 134 valence electrons. The first kappa shape index (κ1) is 18.8. The molecule has 0 aliphatic carbocycles. The van der Waals surface area contributed by atoms with Crippen LogP contribution in [-0.2, 0) is 4.79 Å². The fourth-order valence-electron chi connectivity index (χ4n) is 2.35. The van der Waals surface area contributed by atoms with Crippen LogP contribution in [0.1, 0.15) is 12.7 Å². The second-order valence-electron chi connectivity index (χ2n) is 5.55. The fourth-order valence-corrected chi connectivity index (χ4v) is 3.75. The van der Waals surface area contributed by atoms with Gasteiger partial charge in [0.05, 0.1) is 21.0 Å². The molecule has 0 unspecified atom stereocenters. The van der Waals surface area contributed by atoms with Gasteiger partial charge in [-0.15, -0.1) is 10.2 Å². The van der Waals surface area contributed by atoms with Crippen LogP contribution in [-0.4, -0.2) is 25.9 Å². The van der Waals surface area contributed by atoms with Gasteiger partial charge in [0, 0.05) is 5.69 Å². The zero-order valence-corrected chi connectivity index (χ0v) is 16.4. The Kier molecular flexibility index (Phi) is 5.86. The number of carbonyl (C=O) groups is 1. The van der Waals surface area contributed by atoms with Crippen LogP contribution in [0, 0.1) is 6.92 Å². The van der Waals surface area contributed by atoms with Crippen molar-refractivity contribution in [3.63, 3.8) is 0 Å². The third-order valence-corrected chi connectivity index (χ3v) is 5.34. The van der Waals surface area contributed by atoms with Crippen molar-refractivity contribution in [2.75, 3.05) is 5.32 Å². The molecule has 3 rings (SSSR count). The van der Waals surface area contributed by atoms with Gasteiger partial charge >= 0.3 is 0 Å². The fraction of sp³-hybridized carbons (Fsp3) is 0.167. The molecular formula is C18H16Cl2N4OS. The zero-order valence-electron chi connectivity index (χ0n) is 14.1. The predicted molar refractivity (Wildman–Crippen MR) is 107 cm³/mol. The van der Waals surface area contributed by atoms with Crippen molar-refractivity contribution < 1.29 is 4.79 Å². The highest BCUT2D eigenvalue weighted by Crippen LogP contribution is 2.31. The van der Waals surface area contributed by atoms with Gasteiger partial charge in [-0.25, -0.2) is 0 Å². The summed E-state index contributed by atoms with van der Waals surface area (Å²) in [6.07, 6.45) is 0. The lowest BCUT2D eigenvalue weighted by molar-refractivity contribution is -0.115. The van der Waals surface area contributed by atoms with Crippen molar-refractivity contribution in [2.45, 2.75) is 24.3 Å². The minimum atomic E-state index is -0.423. The summed E-state index contributed by atoms with van der Waals surface area (Å²) < 4.78 is 1.91. The molecule has 0 aliphatic rings. The summed E-state index contributed by atoms with van der Waals surface area (Å²) in [6, 6.07) is 14.8. The minimum absolute atomic E-state index is 0.217. The number of hydrogen-bond acceptors (Lipinski definition) is 4. The number of halogens is 2. The van der Waals surface area contributed by atoms with E-state index in [-0.39, 0.29) is 5.91 Å². The highest BCUT2D eigenvalue weighted by molar-refractivity contribution is 8.00. The highest BCUT2D eigenvalue weighted by Gasteiger charge is 2.21. The zero-order chi connectivity index (χ0) is 18.7. The van der Waals surface area contributed by atoms with Gasteiger partial charge in [0.2, 0.25) is 5.91 Å². The monoisotopic (exact) mass is 406 g/mol. The van der Waals surface area contributed by atoms with E-state index in [1.807, 2.05) is 41.8 Å². The van der Waals surface area contributed by atoms with Gasteiger partial charge < -0.3 is 5.32 Å². The molecule has 0 radical (unpaired) electrons.